The van der Waals surface area contributed by atoms with Crippen LogP contribution in [0.5, 0.6) is 0 Å². The summed E-state index contributed by atoms with van der Waals surface area (Å²) >= 11 is 0. The topological polar surface area (TPSA) is 63.7 Å². The molecular formula is C26H27NO4S. The number of hydrogen-bond donors (Lipinski definition) is 0. The SMILES string of the molecule is CC1(C)OC(=O)N([C@H](CCc2ccccc2)S(=O)(=O)c2ccccc2)[C@@H]1c1ccccc1. The molecular weight excluding hydrogens is 422 g/mol. The monoisotopic (exact) mass is 449 g/mol. The molecule has 3 aromatic rings. The van der Waals surface area contributed by atoms with Crippen LogP contribution < -0.4 is 0 Å². The summed E-state index contributed by atoms with van der Waals surface area (Å²) in [4.78, 5) is 14.8. The van der Waals surface area contributed by atoms with Crippen LogP contribution in [0.25, 0.3) is 0 Å². The number of hydrogen-bond acceptors (Lipinski definition) is 4. The second-order valence-electron chi connectivity index (χ2n) is 8.53. The van der Waals surface area contributed by atoms with Crippen LogP contribution in [0.2, 0.25) is 0 Å². The number of nitrogens with zero attached hydrogens (tertiary/aromatic N) is 1. The predicted molar refractivity (Wildman–Crippen MR) is 124 cm³/mol. The molecule has 0 aliphatic carbocycles. The number of rotatable bonds is 7. The van der Waals surface area contributed by atoms with E-state index in [1.54, 1.807) is 30.3 Å². The first-order chi connectivity index (χ1) is 15.3. The minimum atomic E-state index is -3.85. The third kappa shape index (κ3) is 4.28. The first-order valence-corrected chi connectivity index (χ1v) is 12.2. The zero-order valence-corrected chi connectivity index (χ0v) is 19.0. The highest BCUT2D eigenvalue weighted by Gasteiger charge is 2.53. The van der Waals surface area contributed by atoms with Crippen LogP contribution >= 0.6 is 0 Å². The van der Waals surface area contributed by atoms with Crippen LogP contribution in [0.15, 0.2) is 95.9 Å². The Balaban J connectivity index is 1.79. The minimum absolute atomic E-state index is 0.197. The predicted octanol–water partition coefficient (Wildman–Crippen LogP) is 5.39. The van der Waals surface area contributed by atoms with Crippen molar-refractivity contribution < 1.29 is 17.9 Å². The summed E-state index contributed by atoms with van der Waals surface area (Å²) in [6, 6.07) is 27.0. The molecule has 0 bridgehead atoms. The Morgan fingerprint density at radius 1 is 0.875 bits per heavy atom. The average Bonchev–Trinajstić information content (AvgIpc) is 3.03. The Morgan fingerprint density at radius 3 is 2.00 bits per heavy atom. The molecule has 2 atom stereocenters. The molecule has 0 spiro atoms. The molecule has 0 saturated carbocycles. The van der Waals surface area contributed by atoms with Crippen molar-refractivity contribution in [2.45, 2.75) is 48.6 Å². The van der Waals surface area contributed by atoms with Gasteiger partial charge in [0, 0.05) is 0 Å². The number of ether oxygens (including phenoxy) is 1. The molecule has 6 heteroatoms. The number of sulfone groups is 1. The normalized spacial score (nSPS) is 18.9. The van der Waals surface area contributed by atoms with E-state index in [2.05, 4.69) is 0 Å². The molecule has 5 nitrogen and oxygen atoms in total. The van der Waals surface area contributed by atoms with Crippen LogP contribution in [0.4, 0.5) is 4.79 Å². The maximum atomic E-state index is 13.8. The Labute approximate surface area is 189 Å². The van der Waals surface area contributed by atoms with Gasteiger partial charge in [-0.3, -0.25) is 4.90 Å². The van der Waals surface area contributed by atoms with Crippen molar-refractivity contribution in [3.05, 3.63) is 102 Å². The van der Waals surface area contributed by atoms with E-state index in [1.807, 2.05) is 74.5 Å². The van der Waals surface area contributed by atoms with Crippen molar-refractivity contribution >= 4 is 15.9 Å². The van der Waals surface area contributed by atoms with Crippen molar-refractivity contribution in [3.8, 4) is 0 Å². The highest BCUT2D eigenvalue weighted by molar-refractivity contribution is 7.92. The van der Waals surface area contributed by atoms with E-state index in [4.69, 9.17) is 4.74 Å². The lowest BCUT2D eigenvalue weighted by Crippen LogP contribution is -2.45. The number of cyclic esters (lactones) is 1. The van der Waals surface area contributed by atoms with E-state index in [1.165, 1.54) is 4.90 Å². The van der Waals surface area contributed by atoms with Crippen LogP contribution in [0, 0.1) is 0 Å². The van der Waals surface area contributed by atoms with E-state index in [-0.39, 0.29) is 11.3 Å². The third-order valence-electron chi connectivity index (χ3n) is 5.88. The van der Waals surface area contributed by atoms with Gasteiger partial charge in [-0.05, 0) is 49.9 Å². The summed E-state index contributed by atoms with van der Waals surface area (Å²) in [5, 5.41) is -1.07. The lowest BCUT2D eigenvalue weighted by molar-refractivity contribution is 0.0673. The summed E-state index contributed by atoms with van der Waals surface area (Å²) in [7, 11) is -3.85. The van der Waals surface area contributed by atoms with Crippen molar-refractivity contribution in [1.82, 2.24) is 4.90 Å². The van der Waals surface area contributed by atoms with Crippen LogP contribution in [-0.2, 0) is 21.0 Å². The second kappa shape index (κ2) is 8.79. The molecule has 3 aromatic carbocycles. The fraction of sp³-hybridized carbons (Fsp3) is 0.269. The zero-order chi connectivity index (χ0) is 22.8. The number of carbonyl (C=O) groups is 1. The average molecular weight is 450 g/mol. The third-order valence-corrected chi connectivity index (χ3v) is 7.98. The summed E-state index contributed by atoms with van der Waals surface area (Å²) in [5.74, 6) is 0. The summed E-state index contributed by atoms with van der Waals surface area (Å²) < 4.78 is 33.4. The van der Waals surface area contributed by atoms with E-state index in [9.17, 15) is 13.2 Å². The molecule has 1 heterocycles. The van der Waals surface area contributed by atoms with E-state index in [0.29, 0.717) is 6.42 Å². The largest absolute Gasteiger partial charge is 0.441 e. The molecule has 0 radical (unpaired) electrons. The summed E-state index contributed by atoms with van der Waals surface area (Å²) in [6.45, 7) is 3.65. The van der Waals surface area contributed by atoms with Crippen LogP contribution in [0.1, 0.15) is 37.4 Å². The van der Waals surface area contributed by atoms with Crippen LogP contribution in [-0.4, -0.2) is 30.4 Å². The first-order valence-electron chi connectivity index (χ1n) is 10.7. The molecule has 166 valence electrons. The van der Waals surface area contributed by atoms with E-state index < -0.39 is 32.9 Å². The molecule has 0 unspecified atom stereocenters. The van der Waals surface area contributed by atoms with Gasteiger partial charge in [0.15, 0.2) is 9.84 Å². The molecule has 1 fully saturated rings. The lowest BCUT2D eigenvalue weighted by atomic mass is 9.91. The van der Waals surface area contributed by atoms with Gasteiger partial charge in [-0.25, -0.2) is 13.2 Å². The number of benzene rings is 3. The van der Waals surface area contributed by atoms with Crippen molar-refractivity contribution in [3.63, 3.8) is 0 Å². The first kappa shape index (κ1) is 22.1. The highest BCUT2D eigenvalue weighted by Crippen LogP contribution is 2.44. The second-order valence-corrected chi connectivity index (χ2v) is 10.6. The smallest absolute Gasteiger partial charge is 0.412 e. The van der Waals surface area contributed by atoms with Crippen LogP contribution in [0.3, 0.4) is 0 Å². The number of amides is 1. The number of aryl methyl sites for hydroxylation is 1. The Hall–Kier alpha value is -3.12. The van der Waals surface area contributed by atoms with Gasteiger partial charge in [0.25, 0.3) is 0 Å². The quantitative estimate of drug-likeness (QED) is 0.485. The number of carbonyl (C=O) groups excluding carboxylic acids is 1. The Kier molecular flexibility index (Phi) is 6.07. The van der Waals surface area contributed by atoms with Gasteiger partial charge in [0.05, 0.1) is 4.90 Å². The Bertz CT molecular complexity index is 1160. The molecule has 0 N–H and O–H groups in total. The van der Waals surface area contributed by atoms with Gasteiger partial charge in [-0.15, -0.1) is 0 Å². The summed E-state index contributed by atoms with van der Waals surface area (Å²) in [5.41, 5.74) is 0.982. The van der Waals surface area contributed by atoms with E-state index in [0.717, 1.165) is 11.1 Å². The molecule has 32 heavy (non-hydrogen) atoms. The molecule has 0 aromatic heterocycles. The highest BCUT2D eigenvalue weighted by atomic mass is 32.2. The molecule has 1 saturated heterocycles. The van der Waals surface area contributed by atoms with Gasteiger partial charge in [0.1, 0.15) is 17.0 Å². The Morgan fingerprint density at radius 2 is 1.41 bits per heavy atom. The van der Waals surface area contributed by atoms with E-state index >= 15 is 0 Å². The fourth-order valence-corrected chi connectivity index (χ4v) is 6.19. The van der Waals surface area contributed by atoms with Gasteiger partial charge in [0.2, 0.25) is 0 Å². The van der Waals surface area contributed by atoms with Crippen molar-refractivity contribution in [2.75, 3.05) is 0 Å². The van der Waals surface area contributed by atoms with Crippen molar-refractivity contribution in [2.24, 2.45) is 0 Å². The lowest BCUT2D eigenvalue weighted by Gasteiger charge is -2.34. The maximum Gasteiger partial charge on any atom is 0.412 e. The molecule has 1 amide bonds. The van der Waals surface area contributed by atoms with Crippen molar-refractivity contribution in [1.29, 1.82) is 0 Å². The van der Waals surface area contributed by atoms with Gasteiger partial charge in [-0.2, -0.15) is 0 Å². The summed E-state index contributed by atoms with van der Waals surface area (Å²) in [6.07, 6.45) is 0.167. The minimum Gasteiger partial charge on any atom is -0.441 e. The molecule has 4 rings (SSSR count). The fourth-order valence-electron chi connectivity index (χ4n) is 4.40. The maximum absolute atomic E-state index is 13.8. The standard InChI is InChI=1S/C26H27NO4S/c1-26(2)24(21-14-8-4-9-15-21)27(25(28)31-26)23(19-18-20-12-6-3-7-13-20)32(29,30)22-16-10-5-11-17-22/h3-17,23-24H,18-19H2,1-2H3/t23-,24+/m0/s1. The molecule has 1 aliphatic heterocycles. The van der Waals surface area contributed by atoms with Gasteiger partial charge in [-0.1, -0.05) is 78.9 Å². The van der Waals surface area contributed by atoms with Gasteiger partial charge >= 0.3 is 6.09 Å². The molecule has 1 aliphatic rings. The zero-order valence-electron chi connectivity index (χ0n) is 18.2. The van der Waals surface area contributed by atoms with Gasteiger partial charge < -0.3 is 4.74 Å².